The molecular formula is C17H21N3O3. The minimum absolute atomic E-state index is 0.0981. The summed E-state index contributed by atoms with van der Waals surface area (Å²) in [6, 6.07) is 0. The molecule has 0 radical (unpaired) electrons. The van der Waals surface area contributed by atoms with Gasteiger partial charge < -0.3 is 10.1 Å². The average Bonchev–Trinajstić information content (AvgIpc) is 2.85. The lowest BCUT2D eigenvalue weighted by atomic mass is 9.75. The van der Waals surface area contributed by atoms with Crippen LogP contribution >= 0.6 is 0 Å². The van der Waals surface area contributed by atoms with Crippen LogP contribution in [0.4, 0.5) is 0 Å². The van der Waals surface area contributed by atoms with Crippen molar-refractivity contribution in [3.8, 4) is 0 Å². The Hall–Kier alpha value is -2.37. The van der Waals surface area contributed by atoms with Crippen molar-refractivity contribution in [1.82, 2.24) is 15.1 Å². The van der Waals surface area contributed by atoms with Crippen molar-refractivity contribution in [3.63, 3.8) is 0 Å². The zero-order valence-electron chi connectivity index (χ0n) is 13.9. The van der Waals surface area contributed by atoms with E-state index in [1.165, 1.54) is 7.11 Å². The van der Waals surface area contributed by atoms with Crippen LogP contribution in [0.5, 0.6) is 0 Å². The highest BCUT2D eigenvalue weighted by atomic mass is 16.5. The molecule has 1 aliphatic heterocycles. The number of Topliss-reactive ketones (excluding diaryl/α,β-unsaturated/α-hetero) is 1. The molecule has 0 saturated heterocycles. The molecule has 6 nitrogen and oxygen atoms in total. The van der Waals surface area contributed by atoms with Crippen LogP contribution in [0, 0.1) is 6.92 Å². The highest BCUT2D eigenvalue weighted by Crippen LogP contribution is 2.43. The second-order valence-corrected chi connectivity index (χ2v) is 6.07. The monoisotopic (exact) mass is 315 g/mol. The standard InChI is InChI=1S/C17H21N3O3/c1-9-14(17(22)23-4)15(11-8-18-20(3)10(11)2)16-12(19-9)6-5-7-13(16)21/h8,15,19H,5-7H2,1-4H3. The Labute approximate surface area is 135 Å². The van der Waals surface area contributed by atoms with E-state index in [2.05, 4.69) is 10.4 Å². The number of nitrogens with zero attached hydrogens (tertiary/aromatic N) is 2. The molecule has 1 N–H and O–H groups in total. The summed E-state index contributed by atoms with van der Waals surface area (Å²) in [7, 11) is 3.22. The van der Waals surface area contributed by atoms with Gasteiger partial charge in [0.15, 0.2) is 5.78 Å². The van der Waals surface area contributed by atoms with Crippen molar-refractivity contribution in [3.05, 3.63) is 40.0 Å². The number of ketones is 1. The first-order chi connectivity index (χ1) is 11.0. The summed E-state index contributed by atoms with van der Waals surface area (Å²) in [5, 5.41) is 7.54. The summed E-state index contributed by atoms with van der Waals surface area (Å²) in [5.41, 5.74) is 4.70. The van der Waals surface area contributed by atoms with E-state index >= 15 is 0 Å². The van der Waals surface area contributed by atoms with Gasteiger partial charge >= 0.3 is 5.97 Å². The van der Waals surface area contributed by atoms with Crippen molar-refractivity contribution < 1.29 is 14.3 Å². The summed E-state index contributed by atoms with van der Waals surface area (Å²) < 4.78 is 6.73. The molecule has 122 valence electrons. The topological polar surface area (TPSA) is 73.2 Å². The number of esters is 1. The van der Waals surface area contributed by atoms with Crippen LogP contribution in [0.1, 0.15) is 43.4 Å². The number of ether oxygens (including phenoxy) is 1. The Morgan fingerprint density at radius 1 is 1.39 bits per heavy atom. The van der Waals surface area contributed by atoms with Crippen molar-refractivity contribution in [1.29, 1.82) is 0 Å². The summed E-state index contributed by atoms with van der Waals surface area (Å²) in [6.45, 7) is 3.80. The highest BCUT2D eigenvalue weighted by Gasteiger charge is 2.40. The van der Waals surface area contributed by atoms with E-state index in [9.17, 15) is 9.59 Å². The van der Waals surface area contributed by atoms with Gasteiger partial charge in [0.1, 0.15) is 0 Å². The van der Waals surface area contributed by atoms with Gasteiger partial charge in [-0.25, -0.2) is 4.79 Å². The lowest BCUT2D eigenvalue weighted by Crippen LogP contribution is -2.34. The van der Waals surface area contributed by atoms with Gasteiger partial charge in [-0.3, -0.25) is 9.48 Å². The molecule has 0 saturated carbocycles. The summed E-state index contributed by atoms with van der Waals surface area (Å²) >= 11 is 0. The Balaban J connectivity index is 2.23. The van der Waals surface area contributed by atoms with Gasteiger partial charge in [0.25, 0.3) is 0 Å². The maximum atomic E-state index is 12.6. The molecule has 0 aromatic carbocycles. The van der Waals surface area contributed by atoms with Crippen LogP contribution in [-0.4, -0.2) is 28.6 Å². The number of nitrogens with one attached hydrogen (secondary N) is 1. The average molecular weight is 315 g/mol. The van der Waals surface area contributed by atoms with Crippen molar-refractivity contribution >= 4 is 11.8 Å². The van der Waals surface area contributed by atoms with Gasteiger partial charge in [0, 0.05) is 41.7 Å². The molecule has 23 heavy (non-hydrogen) atoms. The molecule has 0 bridgehead atoms. The third-order valence-corrected chi connectivity index (χ3v) is 4.77. The van der Waals surface area contributed by atoms with E-state index in [0.29, 0.717) is 17.6 Å². The molecule has 1 aromatic rings. The summed E-state index contributed by atoms with van der Waals surface area (Å²) in [6.07, 6.45) is 3.92. The zero-order chi connectivity index (χ0) is 16.7. The van der Waals surface area contributed by atoms with Crippen molar-refractivity contribution in [2.45, 2.75) is 39.0 Å². The van der Waals surface area contributed by atoms with Gasteiger partial charge in [0.05, 0.1) is 24.8 Å². The molecule has 6 heteroatoms. The number of rotatable bonds is 2. The quantitative estimate of drug-likeness (QED) is 0.844. The van der Waals surface area contributed by atoms with E-state index in [1.54, 1.807) is 10.9 Å². The summed E-state index contributed by atoms with van der Waals surface area (Å²) in [5.74, 6) is -0.714. The number of carbonyl (C=O) groups is 2. The molecule has 1 unspecified atom stereocenters. The molecule has 2 heterocycles. The minimum atomic E-state index is -0.409. The first-order valence-electron chi connectivity index (χ1n) is 7.76. The molecule has 2 aliphatic rings. The Morgan fingerprint density at radius 3 is 2.74 bits per heavy atom. The lowest BCUT2D eigenvalue weighted by Gasteiger charge is -2.33. The van der Waals surface area contributed by atoms with Crippen molar-refractivity contribution in [2.75, 3.05) is 7.11 Å². The largest absolute Gasteiger partial charge is 0.466 e. The minimum Gasteiger partial charge on any atom is -0.466 e. The Kier molecular flexibility index (Phi) is 3.83. The number of carbonyl (C=O) groups excluding carboxylic acids is 2. The number of aryl methyl sites for hydroxylation is 1. The first-order valence-corrected chi connectivity index (χ1v) is 7.76. The fourth-order valence-electron chi connectivity index (χ4n) is 3.47. The smallest absolute Gasteiger partial charge is 0.336 e. The Bertz CT molecular complexity index is 755. The first kappa shape index (κ1) is 15.5. The van der Waals surface area contributed by atoms with Gasteiger partial charge in [-0.2, -0.15) is 5.10 Å². The van der Waals surface area contributed by atoms with Crippen LogP contribution in [0.2, 0.25) is 0 Å². The fourth-order valence-corrected chi connectivity index (χ4v) is 3.47. The Morgan fingerprint density at radius 2 is 2.13 bits per heavy atom. The molecule has 1 aromatic heterocycles. The van der Waals surface area contributed by atoms with Gasteiger partial charge in [-0.15, -0.1) is 0 Å². The van der Waals surface area contributed by atoms with E-state index in [1.807, 2.05) is 20.9 Å². The van der Waals surface area contributed by atoms with Crippen LogP contribution in [0.15, 0.2) is 28.7 Å². The maximum Gasteiger partial charge on any atom is 0.336 e. The van der Waals surface area contributed by atoms with Crippen LogP contribution in [0.3, 0.4) is 0 Å². The van der Waals surface area contributed by atoms with E-state index in [0.717, 1.165) is 35.5 Å². The SMILES string of the molecule is COC(=O)C1=C(C)NC2=C(C(=O)CCC2)C1c1cnn(C)c1C. The molecule has 0 spiro atoms. The van der Waals surface area contributed by atoms with E-state index < -0.39 is 11.9 Å². The maximum absolute atomic E-state index is 12.6. The third kappa shape index (κ3) is 2.38. The zero-order valence-corrected chi connectivity index (χ0v) is 13.9. The normalized spacial score (nSPS) is 21.2. The van der Waals surface area contributed by atoms with Gasteiger partial charge in [-0.05, 0) is 26.7 Å². The summed E-state index contributed by atoms with van der Waals surface area (Å²) in [4.78, 5) is 25.0. The lowest BCUT2D eigenvalue weighted by molar-refractivity contribution is -0.136. The number of dihydropyridines is 1. The number of hydrogen-bond acceptors (Lipinski definition) is 5. The molecule has 3 rings (SSSR count). The molecule has 1 aliphatic carbocycles. The van der Waals surface area contributed by atoms with Crippen LogP contribution in [-0.2, 0) is 21.4 Å². The second-order valence-electron chi connectivity index (χ2n) is 6.07. The molecular weight excluding hydrogens is 294 g/mol. The van der Waals surface area contributed by atoms with Gasteiger partial charge in [-0.1, -0.05) is 0 Å². The van der Waals surface area contributed by atoms with E-state index in [4.69, 9.17) is 4.74 Å². The van der Waals surface area contributed by atoms with Gasteiger partial charge in [0.2, 0.25) is 0 Å². The number of allylic oxidation sites excluding steroid dienone is 3. The van der Waals surface area contributed by atoms with Crippen molar-refractivity contribution in [2.24, 2.45) is 7.05 Å². The predicted molar refractivity (Wildman–Crippen MR) is 84.4 cm³/mol. The van der Waals surface area contributed by atoms with Crippen LogP contribution in [0.25, 0.3) is 0 Å². The third-order valence-electron chi connectivity index (χ3n) is 4.77. The second kappa shape index (κ2) is 5.68. The highest BCUT2D eigenvalue weighted by molar-refractivity contribution is 6.03. The molecule has 0 fully saturated rings. The number of hydrogen-bond donors (Lipinski definition) is 1. The molecule has 0 amide bonds. The van der Waals surface area contributed by atoms with Crippen LogP contribution < -0.4 is 5.32 Å². The van der Waals surface area contributed by atoms with E-state index in [-0.39, 0.29) is 5.78 Å². The fraction of sp³-hybridized carbons (Fsp3) is 0.471. The molecule has 1 atom stereocenters. The number of aromatic nitrogens is 2. The predicted octanol–water partition coefficient (Wildman–Crippen LogP) is 1.87. The number of methoxy groups -OCH3 is 1.